The van der Waals surface area contributed by atoms with Crippen LogP contribution in [0, 0.1) is 5.92 Å². The van der Waals surface area contributed by atoms with Crippen molar-refractivity contribution in [2.75, 3.05) is 36.8 Å². The van der Waals surface area contributed by atoms with Crippen LogP contribution in [-0.2, 0) is 0 Å². The molecule has 1 unspecified atom stereocenters. The summed E-state index contributed by atoms with van der Waals surface area (Å²) >= 11 is 0. The number of nitrogens with one attached hydrogen (secondary N) is 2. The summed E-state index contributed by atoms with van der Waals surface area (Å²) in [7, 11) is 0. The van der Waals surface area contributed by atoms with Crippen molar-refractivity contribution in [2.45, 2.75) is 57.9 Å². The lowest BCUT2D eigenvalue weighted by molar-refractivity contribution is 0.102. The Kier molecular flexibility index (Phi) is 6.08. The van der Waals surface area contributed by atoms with Crippen LogP contribution in [0.3, 0.4) is 0 Å². The normalized spacial score (nSPS) is 23.6. The van der Waals surface area contributed by atoms with Crippen LogP contribution in [0.25, 0.3) is 0 Å². The van der Waals surface area contributed by atoms with Gasteiger partial charge in [0.25, 0.3) is 0 Å². The highest BCUT2D eigenvalue weighted by Gasteiger charge is 2.26. The van der Waals surface area contributed by atoms with Crippen molar-refractivity contribution < 1.29 is 0 Å². The first-order chi connectivity index (χ1) is 11.3. The van der Waals surface area contributed by atoms with E-state index in [0.717, 1.165) is 36.8 Å². The predicted octanol–water partition coefficient (Wildman–Crippen LogP) is 3.37. The third kappa shape index (κ3) is 4.80. The second kappa shape index (κ2) is 8.48. The summed E-state index contributed by atoms with van der Waals surface area (Å²) in [5.74, 6) is 2.37. The second-order valence-electron chi connectivity index (χ2n) is 6.97. The molecule has 1 saturated heterocycles. The number of likely N-dealkylation sites (tertiary alicyclic amines) is 1. The largest absolute Gasteiger partial charge is 0.370 e. The van der Waals surface area contributed by atoms with Crippen LogP contribution in [0.5, 0.6) is 0 Å². The molecule has 2 aliphatic rings. The summed E-state index contributed by atoms with van der Waals surface area (Å²) in [4.78, 5) is 11.6. The van der Waals surface area contributed by atoms with Gasteiger partial charge in [0.1, 0.15) is 5.82 Å². The van der Waals surface area contributed by atoms with Gasteiger partial charge in [0.15, 0.2) is 0 Å². The number of hydrogen-bond donors (Lipinski definition) is 2. The van der Waals surface area contributed by atoms with Crippen molar-refractivity contribution in [2.24, 2.45) is 5.92 Å². The molecule has 2 N–H and O–H groups in total. The zero-order valence-electron chi connectivity index (χ0n) is 14.4. The lowest BCUT2D eigenvalue weighted by Gasteiger charge is -2.40. The Hall–Kier alpha value is -1.36. The Bertz CT molecular complexity index is 472. The van der Waals surface area contributed by atoms with Gasteiger partial charge in [-0.1, -0.05) is 19.3 Å². The maximum absolute atomic E-state index is 4.51. The zero-order chi connectivity index (χ0) is 15.9. The second-order valence-corrected chi connectivity index (χ2v) is 6.97. The van der Waals surface area contributed by atoms with E-state index in [1.54, 1.807) is 0 Å². The van der Waals surface area contributed by atoms with Gasteiger partial charge in [0.2, 0.25) is 5.95 Å². The quantitative estimate of drug-likeness (QED) is 0.842. The van der Waals surface area contributed by atoms with Gasteiger partial charge in [-0.3, -0.25) is 0 Å². The van der Waals surface area contributed by atoms with E-state index in [-0.39, 0.29) is 0 Å². The Morgan fingerprint density at radius 1 is 1.13 bits per heavy atom. The van der Waals surface area contributed by atoms with Crippen LogP contribution in [0.2, 0.25) is 0 Å². The molecule has 1 atom stereocenters. The molecule has 0 bridgehead atoms. The van der Waals surface area contributed by atoms with Crippen molar-refractivity contribution in [1.29, 1.82) is 0 Å². The van der Waals surface area contributed by atoms with E-state index in [2.05, 4.69) is 32.4 Å². The molecule has 2 heterocycles. The number of rotatable bonds is 6. The number of aromatic nitrogens is 2. The van der Waals surface area contributed by atoms with Crippen LogP contribution in [0.4, 0.5) is 11.8 Å². The average Bonchev–Trinajstić information content (AvgIpc) is 2.62. The van der Waals surface area contributed by atoms with Crippen LogP contribution < -0.4 is 10.6 Å². The minimum absolute atomic E-state index is 0.720. The molecule has 0 amide bonds. The highest BCUT2D eigenvalue weighted by molar-refractivity contribution is 5.39. The van der Waals surface area contributed by atoms with Crippen LogP contribution in [0.1, 0.15) is 51.9 Å². The smallest absolute Gasteiger partial charge is 0.224 e. The standard InChI is InChI=1S/C18H31N5/c1-2-19-17-10-11-20-18(22-17)21-13-15-7-6-12-23(14-15)16-8-4-3-5-9-16/h10-11,15-16H,2-9,12-14H2,1H3,(H2,19,20,21,22). The Morgan fingerprint density at radius 2 is 2.00 bits per heavy atom. The first-order valence-corrected chi connectivity index (χ1v) is 9.40. The molecule has 0 spiro atoms. The van der Waals surface area contributed by atoms with Crippen LogP contribution in [-0.4, -0.2) is 47.1 Å². The monoisotopic (exact) mass is 317 g/mol. The van der Waals surface area contributed by atoms with E-state index in [9.17, 15) is 0 Å². The highest BCUT2D eigenvalue weighted by atomic mass is 15.2. The van der Waals surface area contributed by atoms with Crippen LogP contribution >= 0.6 is 0 Å². The minimum atomic E-state index is 0.720. The fourth-order valence-electron chi connectivity index (χ4n) is 4.00. The molecule has 3 rings (SSSR count). The maximum Gasteiger partial charge on any atom is 0.224 e. The van der Waals surface area contributed by atoms with E-state index in [1.165, 1.54) is 58.0 Å². The summed E-state index contributed by atoms with van der Waals surface area (Å²) in [5, 5.41) is 6.68. The first-order valence-electron chi connectivity index (χ1n) is 9.40. The molecule has 128 valence electrons. The maximum atomic E-state index is 4.51. The summed E-state index contributed by atoms with van der Waals surface area (Å²) < 4.78 is 0. The summed E-state index contributed by atoms with van der Waals surface area (Å²) in [6.45, 7) is 6.49. The molecular weight excluding hydrogens is 286 g/mol. The van der Waals surface area contributed by atoms with Gasteiger partial charge in [-0.25, -0.2) is 4.98 Å². The van der Waals surface area contributed by atoms with Crippen molar-refractivity contribution in [3.05, 3.63) is 12.3 Å². The number of anilines is 2. The molecule has 1 aliphatic carbocycles. The summed E-state index contributed by atoms with van der Waals surface area (Å²) in [6.07, 6.45) is 11.6. The minimum Gasteiger partial charge on any atom is -0.370 e. The summed E-state index contributed by atoms with van der Waals surface area (Å²) in [5.41, 5.74) is 0. The van der Waals surface area contributed by atoms with E-state index in [0.29, 0.717) is 0 Å². The number of piperidine rings is 1. The zero-order valence-corrected chi connectivity index (χ0v) is 14.4. The molecule has 1 aromatic heterocycles. The lowest BCUT2D eigenvalue weighted by atomic mass is 9.90. The number of hydrogen-bond acceptors (Lipinski definition) is 5. The Morgan fingerprint density at radius 3 is 2.83 bits per heavy atom. The molecular formula is C18H31N5. The van der Waals surface area contributed by atoms with Gasteiger partial charge in [-0.15, -0.1) is 0 Å². The third-order valence-corrected chi connectivity index (χ3v) is 5.20. The van der Waals surface area contributed by atoms with Gasteiger partial charge in [0, 0.05) is 31.9 Å². The highest BCUT2D eigenvalue weighted by Crippen LogP contribution is 2.27. The molecule has 23 heavy (non-hydrogen) atoms. The van der Waals surface area contributed by atoms with Crippen molar-refractivity contribution in [3.8, 4) is 0 Å². The molecule has 0 aromatic carbocycles. The van der Waals surface area contributed by atoms with Gasteiger partial charge in [-0.2, -0.15) is 4.98 Å². The summed E-state index contributed by atoms with van der Waals surface area (Å²) in [6, 6.07) is 2.76. The van der Waals surface area contributed by atoms with E-state index in [4.69, 9.17) is 0 Å². The molecule has 2 fully saturated rings. The molecule has 1 saturated carbocycles. The SMILES string of the molecule is CCNc1ccnc(NCC2CCCN(C3CCCCC3)C2)n1. The van der Waals surface area contributed by atoms with Crippen molar-refractivity contribution in [3.63, 3.8) is 0 Å². The first kappa shape index (κ1) is 16.5. The molecule has 5 nitrogen and oxygen atoms in total. The van der Waals surface area contributed by atoms with Gasteiger partial charge in [-0.05, 0) is 51.1 Å². The van der Waals surface area contributed by atoms with Gasteiger partial charge < -0.3 is 15.5 Å². The average molecular weight is 317 g/mol. The predicted molar refractivity (Wildman–Crippen MR) is 95.9 cm³/mol. The molecule has 1 aromatic rings. The van der Waals surface area contributed by atoms with Gasteiger partial charge in [0.05, 0.1) is 0 Å². The van der Waals surface area contributed by atoms with Crippen molar-refractivity contribution >= 4 is 11.8 Å². The van der Waals surface area contributed by atoms with E-state index in [1.807, 2.05) is 12.3 Å². The topological polar surface area (TPSA) is 53.1 Å². The van der Waals surface area contributed by atoms with Gasteiger partial charge >= 0.3 is 0 Å². The lowest BCUT2D eigenvalue weighted by Crippen LogP contribution is -2.45. The van der Waals surface area contributed by atoms with Crippen LogP contribution in [0.15, 0.2) is 12.3 Å². The van der Waals surface area contributed by atoms with E-state index < -0.39 is 0 Å². The van der Waals surface area contributed by atoms with E-state index >= 15 is 0 Å². The third-order valence-electron chi connectivity index (χ3n) is 5.20. The van der Waals surface area contributed by atoms with Crippen molar-refractivity contribution in [1.82, 2.24) is 14.9 Å². The number of nitrogens with zero attached hydrogens (tertiary/aromatic N) is 3. The fourth-order valence-corrected chi connectivity index (χ4v) is 4.00. The molecule has 0 radical (unpaired) electrons. The molecule has 5 heteroatoms. The molecule has 1 aliphatic heterocycles. The fraction of sp³-hybridized carbons (Fsp3) is 0.778. The Labute approximate surface area is 140 Å². The Balaban J connectivity index is 1.48.